The molecule has 2 heterocycles. The minimum absolute atomic E-state index is 0.0700. The van der Waals surface area contributed by atoms with E-state index in [9.17, 15) is 19.7 Å². The van der Waals surface area contributed by atoms with Gasteiger partial charge in [0.15, 0.2) is 0 Å². The maximum Gasteiger partial charge on any atom is 0.308 e. The highest BCUT2D eigenvalue weighted by molar-refractivity contribution is 5.96. The van der Waals surface area contributed by atoms with Crippen LogP contribution >= 0.6 is 0 Å². The maximum absolute atomic E-state index is 12.6. The molecule has 1 amide bonds. The normalized spacial score (nSPS) is 21.0. The fraction of sp³-hybridized carbons (Fsp3) is 0.556. The van der Waals surface area contributed by atoms with Crippen molar-refractivity contribution in [3.05, 3.63) is 33.9 Å². The Hall–Kier alpha value is -2.64. The molecule has 0 aromatic heterocycles. The maximum atomic E-state index is 12.6. The van der Waals surface area contributed by atoms with E-state index in [2.05, 4.69) is 6.92 Å². The van der Waals surface area contributed by atoms with Crippen molar-refractivity contribution in [2.45, 2.75) is 26.2 Å². The summed E-state index contributed by atoms with van der Waals surface area (Å²) in [7, 11) is 0. The Bertz CT molecular complexity index is 728. The van der Waals surface area contributed by atoms with Crippen LogP contribution in [0.2, 0.25) is 0 Å². The van der Waals surface area contributed by atoms with E-state index in [1.165, 1.54) is 11.0 Å². The van der Waals surface area contributed by atoms with Crippen molar-refractivity contribution in [1.82, 2.24) is 4.90 Å². The van der Waals surface area contributed by atoms with Gasteiger partial charge in [-0.2, -0.15) is 0 Å². The number of anilines is 1. The molecule has 2 aliphatic rings. The molecule has 140 valence electrons. The highest BCUT2D eigenvalue weighted by Crippen LogP contribution is 2.33. The monoisotopic (exact) mass is 361 g/mol. The average molecular weight is 361 g/mol. The molecule has 0 spiro atoms. The van der Waals surface area contributed by atoms with E-state index in [1.54, 1.807) is 12.1 Å². The molecular formula is C18H23N3O5. The van der Waals surface area contributed by atoms with Crippen LogP contribution in [0.3, 0.4) is 0 Å². The second-order valence-corrected chi connectivity index (χ2v) is 7.21. The summed E-state index contributed by atoms with van der Waals surface area (Å²) in [6, 6.07) is 4.58. The number of nitro benzene ring substituents is 1. The van der Waals surface area contributed by atoms with E-state index in [4.69, 9.17) is 5.11 Å². The molecule has 1 aromatic rings. The molecule has 1 atom stereocenters. The minimum Gasteiger partial charge on any atom is -0.481 e. The number of amides is 1. The first-order chi connectivity index (χ1) is 12.4. The number of hydrogen-bond acceptors (Lipinski definition) is 5. The number of nitro groups is 1. The van der Waals surface area contributed by atoms with Crippen molar-refractivity contribution in [3.63, 3.8) is 0 Å². The first-order valence-electron chi connectivity index (χ1n) is 8.92. The van der Waals surface area contributed by atoms with Crippen molar-refractivity contribution in [2.75, 3.05) is 31.1 Å². The van der Waals surface area contributed by atoms with Gasteiger partial charge in [0.05, 0.1) is 10.8 Å². The van der Waals surface area contributed by atoms with Crippen LogP contribution in [0.1, 0.15) is 36.5 Å². The lowest BCUT2D eigenvalue weighted by molar-refractivity contribution is -0.384. The summed E-state index contributed by atoms with van der Waals surface area (Å²) >= 11 is 0. The summed E-state index contributed by atoms with van der Waals surface area (Å²) in [4.78, 5) is 38.2. The molecule has 1 aromatic carbocycles. The van der Waals surface area contributed by atoms with Gasteiger partial charge in [0.1, 0.15) is 5.69 Å². The van der Waals surface area contributed by atoms with Gasteiger partial charge in [0, 0.05) is 37.8 Å². The van der Waals surface area contributed by atoms with Crippen LogP contribution < -0.4 is 4.90 Å². The third-order valence-electron chi connectivity index (χ3n) is 5.37. The Labute approximate surface area is 151 Å². The fourth-order valence-corrected chi connectivity index (χ4v) is 3.65. The lowest BCUT2D eigenvalue weighted by Gasteiger charge is -2.31. The number of rotatable bonds is 4. The molecule has 26 heavy (non-hydrogen) atoms. The van der Waals surface area contributed by atoms with Gasteiger partial charge in [-0.25, -0.2) is 0 Å². The van der Waals surface area contributed by atoms with Gasteiger partial charge >= 0.3 is 5.97 Å². The van der Waals surface area contributed by atoms with Gasteiger partial charge in [-0.05, 0) is 37.3 Å². The van der Waals surface area contributed by atoms with Gasteiger partial charge in [0.2, 0.25) is 0 Å². The number of nitrogens with zero attached hydrogens (tertiary/aromatic N) is 3. The number of aliphatic carboxylic acids is 1. The number of benzene rings is 1. The smallest absolute Gasteiger partial charge is 0.308 e. The zero-order valence-corrected chi connectivity index (χ0v) is 14.8. The quantitative estimate of drug-likeness (QED) is 0.652. The van der Waals surface area contributed by atoms with Crippen molar-refractivity contribution >= 4 is 23.3 Å². The Kier molecular flexibility index (Phi) is 5.11. The predicted octanol–water partition coefficient (Wildman–Crippen LogP) is 2.38. The number of carboxylic acid groups (broad SMARTS) is 1. The van der Waals surface area contributed by atoms with E-state index in [-0.39, 0.29) is 23.7 Å². The van der Waals surface area contributed by atoms with E-state index >= 15 is 0 Å². The molecule has 1 N–H and O–H groups in total. The van der Waals surface area contributed by atoms with Crippen LogP contribution in [0.4, 0.5) is 11.4 Å². The van der Waals surface area contributed by atoms with Crippen LogP contribution in [0.25, 0.3) is 0 Å². The van der Waals surface area contributed by atoms with Crippen LogP contribution in [0, 0.1) is 22.0 Å². The topological polar surface area (TPSA) is 104 Å². The van der Waals surface area contributed by atoms with Gasteiger partial charge in [-0.15, -0.1) is 0 Å². The Morgan fingerprint density at radius 3 is 2.46 bits per heavy atom. The third-order valence-corrected chi connectivity index (χ3v) is 5.37. The van der Waals surface area contributed by atoms with Crippen LogP contribution in [0.5, 0.6) is 0 Å². The molecule has 2 fully saturated rings. The standard InChI is InChI=1S/C18H23N3O5/c1-12-4-7-19(8-5-12)15-3-2-13(10-16(15)21(25)26)17(22)20-9-6-14(11-20)18(23)24/h2-3,10,12,14H,4-9,11H2,1H3,(H,23,24). The van der Waals surface area contributed by atoms with Gasteiger partial charge in [-0.3, -0.25) is 19.7 Å². The number of carbonyl (C=O) groups excluding carboxylic acids is 1. The SMILES string of the molecule is CC1CCN(c2ccc(C(=O)N3CCC(C(=O)O)C3)cc2[N+](=O)[O-])CC1. The highest BCUT2D eigenvalue weighted by atomic mass is 16.6. The molecular weight excluding hydrogens is 338 g/mol. The summed E-state index contributed by atoms with van der Waals surface area (Å²) in [5, 5.41) is 20.6. The fourth-order valence-electron chi connectivity index (χ4n) is 3.65. The first kappa shape index (κ1) is 18.2. The van der Waals surface area contributed by atoms with Crippen LogP contribution in [-0.2, 0) is 4.79 Å². The number of hydrogen-bond donors (Lipinski definition) is 1. The summed E-state index contributed by atoms with van der Waals surface area (Å²) in [6.07, 6.45) is 2.39. The van der Waals surface area contributed by atoms with E-state index in [0.29, 0.717) is 24.6 Å². The molecule has 0 saturated carbocycles. The molecule has 0 radical (unpaired) electrons. The van der Waals surface area contributed by atoms with Gasteiger partial charge < -0.3 is 14.9 Å². The second-order valence-electron chi connectivity index (χ2n) is 7.21. The molecule has 3 rings (SSSR count). The van der Waals surface area contributed by atoms with Crippen molar-refractivity contribution in [1.29, 1.82) is 0 Å². The molecule has 0 bridgehead atoms. The zero-order valence-electron chi connectivity index (χ0n) is 14.8. The number of carboxylic acids is 1. The third kappa shape index (κ3) is 3.63. The predicted molar refractivity (Wildman–Crippen MR) is 95.4 cm³/mol. The average Bonchev–Trinajstić information content (AvgIpc) is 3.11. The molecule has 0 aliphatic carbocycles. The van der Waals surface area contributed by atoms with Crippen molar-refractivity contribution in [2.24, 2.45) is 11.8 Å². The van der Waals surface area contributed by atoms with Gasteiger partial charge in [-0.1, -0.05) is 6.92 Å². The lowest BCUT2D eigenvalue weighted by atomic mass is 9.98. The molecule has 8 nitrogen and oxygen atoms in total. The highest BCUT2D eigenvalue weighted by Gasteiger charge is 2.32. The van der Waals surface area contributed by atoms with E-state index in [0.717, 1.165) is 25.9 Å². The van der Waals surface area contributed by atoms with Crippen LogP contribution in [-0.4, -0.2) is 53.0 Å². The van der Waals surface area contributed by atoms with E-state index < -0.39 is 16.8 Å². The Morgan fingerprint density at radius 2 is 1.88 bits per heavy atom. The second kappa shape index (κ2) is 7.31. The lowest BCUT2D eigenvalue weighted by Crippen LogP contribution is -2.33. The van der Waals surface area contributed by atoms with E-state index in [1.807, 2.05) is 4.90 Å². The molecule has 2 saturated heterocycles. The number of likely N-dealkylation sites (tertiary alicyclic amines) is 1. The molecule has 1 unspecified atom stereocenters. The first-order valence-corrected chi connectivity index (χ1v) is 8.92. The summed E-state index contributed by atoms with van der Waals surface area (Å²) in [5.74, 6) is -1.22. The number of piperidine rings is 1. The number of carbonyl (C=O) groups is 2. The largest absolute Gasteiger partial charge is 0.481 e. The Morgan fingerprint density at radius 1 is 1.19 bits per heavy atom. The molecule has 2 aliphatic heterocycles. The van der Waals surface area contributed by atoms with Crippen LogP contribution in [0.15, 0.2) is 18.2 Å². The summed E-state index contributed by atoms with van der Waals surface area (Å²) < 4.78 is 0. The summed E-state index contributed by atoms with van der Waals surface area (Å²) in [5.41, 5.74) is 0.708. The van der Waals surface area contributed by atoms with Gasteiger partial charge in [0.25, 0.3) is 11.6 Å². The zero-order chi connectivity index (χ0) is 18.8. The minimum atomic E-state index is -0.916. The van der Waals surface area contributed by atoms with Crippen molar-refractivity contribution < 1.29 is 19.6 Å². The van der Waals surface area contributed by atoms with Crippen molar-refractivity contribution in [3.8, 4) is 0 Å². The summed E-state index contributed by atoms with van der Waals surface area (Å²) in [6.45, 7) is 4.21. The molecule has 8 heteroatoms. The Balaban J connectivity index is 1.81.